The molecule has 172 valence electrons. The van der Waals surface area contributed by atoms with Gasteiger partial charge in [-0.05, 0) is 24.3 Å². The zero-order valence-corrected chi connectivity index (χ0v) is 17.1. The van der Waals surface area contributed by atoms with Crippen LogP contribution in [0.4, 0.5) is 31.5 Å². The Labute approximate surface area is 184 Å². The van der Waals surface area contributed by atoms with Crippen LogP contribution in [0.3, 0.4) is 0 Å². The van der Waals surface area contributed by atoms with E-state index in [1.807, 2.05) is 0 Å². The number of pyridine rings is 1. The summed E-state index contributed by atoms with van der Waals surface area (Å²) in [6, 6.07) is 6.32. The molecule has 0 spiro atoms. The van der Waals surface area contributed by atoms with Crippen molar-refractivity contribution in [1.82, 2.24) is 19.7 Å². The molecule has 4 rings (SSSR count). The van der Waals surface area contributed by atoms with Crippen molar-refractivity contribution in [2.75, 3.05) is 12.4 Å². The average molecular weight is 487 g/mol. The highest BCUT2D eigenvalue weighted by Crippen LogP contribution is 2.36. The fourth-order valence-corrected chi connectivity index (χ4v) is 3.82. The highest BCUT2D eigenvalue weighted by molar-refractivity contribution is 7.22. The maximum absolute atomic E-state index is 13.8. The average Bonchev–Trinajstić information content (AvgIpc) is 3.37. The lowest BCUT2D eigenvalue weighted by molar-refractivity contribution is -0.143. The molecule has 0 aliphatic rings. The maximum Gasteiger partial charge on any atom is 0.434 e. The van der Waals surface area contributed by atoms with Gasteiger partial charge in [-0.15, -0.1) is 0 Å². The third kappa shape index (κ3) is 4.33. The second-order valence-corrected chi connectivity index (χ2v) is 7.53. The van der Waals surface area contributed by atoms with E-state index < -0.39 is 40.9 Å². The molecule has 3 aromatic heterocycles. The lowest BCUT2D eigenvalue weighted by Gasteiger charge is -2.12. The van der Waals surface area contributed by atoms with Gasteiger partial charge in [0, 0.05) is 6.20 Å². The van der Waals surface area contributed by atoms with Crippen molar-refractivity contribution >= 4 is 32.6 Å². The molecule has 7 nitrogen and oxygen atoms in total. The summed E-state index contributed by atoms with van der Waals surface area (Å²) in [7, 11) is 1.42. The Balaban J connectivity index is 1.70. The minimum absolute atomic E-state index is 0.0213. The number of methoxy groups -OCH3 is 1. The van der Waals surface area contributed by atoms with Crippen molar-refractivity contribution in [2.45, 2.75) is 12.4 Å². The van der Waals surface area contributed by atoms with Crippen LogP contribution < -0.4 is 10.1 Å². The van der Waals surface area contributed by atoms with Crippen molar-refractivity contribution in [3.05, 3.63) is 59.5 Å². The number of anilines is 1. The van der Waals surface area contributed by atoms with Crippen LogP contribution >= 0.6 is 11.3 Å². The van der Waals surface area contributed by atoms with Crippen molar-refractivity contribution < 1.29 is 35.9 Å². The number of benzene rings is 1. The first kappa shape index (κ1) is 22.5. The Hall–Kier alpha value is -3.68. The van der Waals surface area contributed by atoms with E-state index in [1.54, 1.807) is 18.2 Å². The first-order valence-corrected chi connectivity index (χ1v) is 9.74. The number of hydrogen-bond donors (Lipinski definition) is 1. The number of carbonyl (C=O) groups is 1. The smallest absolute Gasteiger partial charge is 0.434 e. The Morgan fingerprint density at radius 3 is 2.42 bits per heavy atom. The highest BCUT2D eigenvalue weighted by Gasteiger charge is 2.41. The molecule has 0 unspecified atom stereocenters. The van der Waals surface area contributed by atoms with Crippen LogP contribution in [0.2, 0.25) is 0 Å². The Kier molecular flexibility index (Phi) is 5.47. The Bertz CT molecular complexity index is 1330. The molecule has 0 atom stereocenters. The number of thiazole rings is 1. The molecule has 0 aliphatic carbocycles. The van der Waals surface area contributed by atoms with Gasteiger partial charge in [0.05, 0.1) is 29.1 Å². The number of para-hydroxylation sites is 1. The van der Waals surface area contributed by atoms with Crippen molar-refractivity contribution in [3.63, 3.8) is 0 Å². The lowest BCUT2D eigenvalue weighted by atomic mass is 10.2. The SMILES string of the molecule is COc1cccc2sc(NC(=O)c3cnn(-c4ccc(C(F)(F)F)cn4)c3C(F)(F)F)nc12. The van der Waals surface area contributed by atoms with Gasteiger partial charge in [0.15, 0.2) is 16.6 Å². The third-order valence-corrected chi connectivity index (χ3v) is 5.33. The van der Waals surface area contributed by atoms with E-state index in [4.69, 9.17) is 4.74 Å². The number of nitrogens with zero attached hydrogens (tertiary/aromatic N) is 4. The molecule has 1 N–H and O–H groups in total. The molecule has 1 amide bonds. The molecular formula is C19H11F6N5O2S. The van der Waals surface area contributed by atoms with Gasteiger partial charge in [-0.1, -0.05) is 17.4 Å². The van der Waals surface area contributed by atoms with Crippen LogP contribution in [0.15, 0.2) is 42.7 Å². The minimum atomic E-state index is -5.07. The van der Waals surface area contributed by atoms with Gasteiger partial charge in [0.25, 0.3) is 5.91 Å². The summed E-state index contributed by atoms with van der Waals surface area (Å²) in [5.41, 5.74) is -3.07. The molecule has 14 heteroatoms. The summed E-state index contributed by atoms with van der Waals surface area (Å²) in [5, 5.41) is 5.85. The molecule has 33 heavy (non-hydrogen) atoms. The van der Waals surface area contributed by atoms with E-state index in [1.165, 1.54) is 7.11 Å². The normalized spacial score (nSPS) is 12.2. The zero-order chi connectivity index (χ0) is 24.0. The van der Waals surface area contributed by atoms with Crippen molar-refractivity contribution in [2.24, 2.45) is 0 Å². The number of hydrogen-bond acceptors (Lipinski definition) is 6. The topological polar surface area (TPSA) is 81.9 Å². The number of alkyl halides is 6. The van der Waals surface area contributed by atoms with Crippen LogP contribution in [-0.2, 0) is 12.4 Å². The summed E-state index contributed by atoms with van der Waals surface area (Å²) in [4.78, 5) is 20.2. The number of ether oxygens (including phenoxy) is 1. The Morgan fingerprint density at radius 1 is 1.06 bits per heavy atom. The molecule has 3 heterocycles. The molecule has 0 saturated carbocycles. The fraction of sp³-hybridized carbons (Fsp3) is 0.158. The van der Waals surface area contributed by atoms with Crippen LogP contribution in [0.5, 0.6) is 5.75 Å². The minimum Gasteiger partial charge on any atom is -0.494 e. The second kappa shape index (κ2) is 8.03. The number of rotatable bonds is 4. The summed E-state index contributed by atoms with van der Waals surface area (Å²) in [6.45, 7) is 0. The largest absolute Gasteiger partial charge is 0.494 e. The van der Waals surface area contributed by atoms with Gasteiger partial charge in [0.2, 0.25) is 0 Å². The molecule has 0 aliphatic heterocycles. The molecule has 0 bridgehead atoms. The third-order valence-electron chi connectivity index (χ3n) is 4.40. The first-order valence-electron chi connectivity index (χ1n) is 8.93. The second-order valence-electron chi connectivity index (χ2n) is 6.50. The number of nitrogens with one attached hydrogen (secondary N) is 1. The van der Waals surface area contributed by atoms with E-state index in [9.17, 15) is 31.1 Å². The summed E-state index contributed by atoms with van der Waals surface area (Å²) < 4.78 is 85.6. The lowest BCUT2D eigenvalue weighted by Crippen LogP contribution is -2.21. The highest BCUT2D eigenvalue weighted by atomic mass is 32.1. The molecule has 0 fully saturated rings. The van der Waals surface area contributed by atoms with Crippen LogP contribution in [0, 0.1) is 0 Å². The standard InChI is InChI=1S/C19H11F6N5O2S/c1-32-11-3-2-4-12-14(11)28-17(33-12)29-16(31)10-8-27-30(15(10)19(23,24)25)13-6-5-9(7-26-13)18(20,21)22/h2-8H,1H3,(H,28,29,31). The fourth-order valence-electron chi connectivity index (χ4n) is 2.95. The molecule has 0 saturated heterocycles. The van der Waals surface area contributed by atoms with Crippen molar-refractivity contribution in [3.8, 4) is 11.6 Å². The van der Waals surface area contributed by atoms with Crippen molar-refractivity contribution in [1.29, 1.82) is 0 Å². The zero-order valence-electron chi connectivity index (χ0n) is 16.3. The van der Waals surface area contributed by atoms with E-state index in [-0.39, 0.29) is 9.81 Å². The monoisotopic (exact) mass is 487 g/mol. The van der Waals surface area contributed by atoms with Gasteiger partial charge < -0.3 is 4.74 Å². The molecule has 0 radical (unpaired) electrons. The van der Waals surface area contributed by atoms with E-state index in [2.05, 4.69) is 20.4 Å². The summed E-state index contributed by atoms with van der Waals surface area (Å²) >= 11 is 1.02. The number of aromatic nitrogens is 4. The quantitative estimate of drug-likeness (QED) is 0.402. The van der Waals surface area contributed by atoms with Crippen LogP contribution in [0.25, 0.3) is 16.0 Å². The van der Waals surface area contributed by atoms with Gasteiger partial charge in [0.1, 0.15) is 11.3 Å². The summed E-state index contributed by atoms with van der Waals surface area (Å²) in [6.07, 6.45) is -8.74. The summed E-state index contributed by atoms with van der Waals surface area (Å²) in [5.74, 6) is -1.28. The predicted octanol–water partition coefficient (Wildman–Crippen LogP) is 5.18. The predicted molar refractivity (Wildman–Crippen MR) is 105 cm³/mol. The van der Waals surface area contributed by atoms with Gasteiger partial charge in [-0.3, -0.25) is 10.1 Å². The van der Waals surface area contributed by atoms with Crippen LogP contribution in [-0.4, -0.2) is 32.8 Å². The maximum atomic E-state index is 13.8. The van der Waals surface area contributed by atoms with Gasteiger partial charge >= 0.3 is 12.4 Å². The van der Waals surface area contributed by atoms with E-state index in [0.29, 0.717) is 34.4 Å². The molecular weight excluding hydrogens is 476 g/mol. The number of halogens is 6. The molecule has 4 aromatic rings. The first-order chi connectivity index (χ1) is 15.5. The van der Waals surface area contributed by atoms with Crippen LogP contribution in [0.1, 0.15) is 21.6 Å². The number of carbonyl (C=O) groups excluding carboxylic acids is 1. The van der Waals surface area contributed by atoms with Gasteiger partial charge in [-0.2, -0.15) is 31.4 Å². The number of amides is 1. The van der Waals surface area contributed by atoms with E-state index in [0.717, 1.165) is 17.4 Å². The number of fused-ring (bicyclic) bond motifs is 1. The molecule has 1 aromatic carbocycles. The van der Waals surface area contributed by atoms with E-state index >= 15 is 0 Å². The Morgan fingerprint density at radius 2 is 1.82 bits per heavy atom. The van der Waals surface area contributed by atoms with Gasteiger partial charge in [-0.25, -0.2) is 14.6 Å².